The predicted octanol–water partition coefficient (Wildman–Crippen LogP) is 1.77. The molecule has 0 radical (unpaired) electrons. The minimum atomic E-state index is -0.507. The summed E-state index contributed by atoms with van der Waals surface area (Å²) >= 11 is 0. The summed E-state index contributed by atoms with van der Waals surface area (Å²) in [6.45, 7) is 0. The Hall–Kier alpha value is -2.70. The molecule has 18 heavy (non-hydrogen) atoms. The van der Waals surface area contributed by atoms with Crippen molar-refractivity contribution in [1.29, 1.82) is 0 Å². The fourth-order valence-electron chi connectivity index (χ4n) is 1.40. The van der Waals surface area contributed by atoms with Crippen LogP contribution >= 0.6 is 0 Å². The second-order valence-corrected chi connectivity index (χ2v) is 3.54. The molecular weight excluding hydrogens is 234 g/mol. The van der Waals surface area contributed by atoms with Crippen LogP contribution < -0.4 is 5.43 Å². The van der Waals surface area contributed by atoms with Crippen LogP contribution in [0.5, 0.6) is 0 Å². The van der Waals surface area contributed by atoms with Gasteiger partial charge in [0.2, 0.25) is 5.82 Å². The first-order chi connectivity index (χ1) is 8.68. The van der Waals surface area contributed by atoms with Crippen molar-refractivity contribution >= 4 is 17.7 Å². The molecule has 0 atom stereocenters. The average Bonchev–Trinajstić information content (AvgIpc) is 2.76. The molecule has 2 aromatic heterocycles. The number of aromatic nitrogens is 2. The first kappa shape index (κ1) is 11.8. The van der Waals surface area contributed by atoms with E-state index in [0.717, 1.165) is 5.69 Å². The summed E-state index contributed by atoms with van der Waals surface area (Å²) in [5.74, 6) is 0.118. The second-order valence-electron chi connectivity index (χ2n) is 3.54. The number of rotatable bonds is 4. The molecule has 0 saturated heterocycles. The highest BCUT2D eigenvalue weighted by Gasteiger charge is 2.12. The molecule has 0 aliphatic heterocycles. The van der Waals surface area contributed by atoms with Gasteiger partial charge in [-0.15, -0.1) is 0 Å². The molecule has 2 heterocycles. The summed E-state index contributed by atoms with van der Waals surface area (Å²) in [4.78, 5) is 14.1. The molecule has 0 unspecified atom stereocenters. The molecule has 7 nitrogen and oxygen atoms in total. The number of anilines is 1. The fourth-order valence-corrected chi connectivity index (χ4v) is 1.40. The summed E-state index contributed by atoms with van der Waals surface area (Å²) in [6, 6.07) is 6.63. The van der Waals surface area contributed by atoms with Gasteiger partial charge >= 0.3 is 5.69 Å². The minimum Gasteiger partial charge on any atom is -0.350 e. The van der Waals surface area contributed by atoms with Gasteiger partial charge in [0, 0.05) is 25.5 Å². The highest BCUT2D eigenvalue weighted by molar-refractivity contribution is 5.78. The molecule has 0 aliphatic carbocycles. The van der Waals surface area contributed by atoms with E-state index in [1.54, 1.807) is 6.21 Å². The van der Waals surface area contributed by atoms with E-state index in [2.05, 4.69) is 15.5 Å². The van der Waals surface area contributed by atoms with Crippen molar-refractivity contribution in [2.75, 3.05) is 5.43 Å². The number of aryl methyl sites for hydroxylation is 1. The van der Waals surface area contributed by atoms with Gasteiger partial charge in [-0.1, -0.05) is 0 Å². The van der Waals surface area contributed by atoms with E-state index in [-0.39, 0.29) is 11.5 Å². The van der Waals surface area contributed by atoms with Gasteiger partial charge in [-0.3, -0.25) is 15.5 Å². The van der Waals surface area contributed by atoms with E-state index >= 15 is 0 Å². The van der Waals surface area contributed by atoms with E-state index in [4.69, 9.17) is 0 Å². The Kier molecular flexibility index (Phi) is 3.33. The summed E-state index contributed by atoms with van der Waals surface area (Å²) in [5, 5.41) is 14.7. The van der Waals surface area contributed by atoms with E-state index in [0.29, 0.717) is 0 Å². The summed E-state index contributed by atoms with van der Waals surface area (Å²) in [7, 11) is 1.88. The highest BCUT2D eigenvalue weighted by Crippen LogP contribution is 2.19. The molecule has 0 fully saturated rings. The third-order valence-corrected chi connectivity index (χ3v) is 2.33. The number of nitrogens with zero attached hydrogens (tertiary/aromatic N) is 4. The SMILES string of the molecule is Cn1cccc1/C=N\Nc1ncccc1[N+](=O)[O-]. The van der Waals surface area contributed by atoms with Gasteiger partial charge in [0.25, 0.3) is 0 Å². The van der Waals surface area contributed by atoms with Gasteiger partial charge in [-0.25, -0.2) is 4.98 Å². The van der Waals surface area contributed by atoms with Gasteiger partial charge < -0.3 is 4.57 Å². The van der Waals surface area contributed by atoms with Crippen molar-refractivity contribution in [2.24, 2.45) is 12.1 Å². The molecule has 2 rings (SSSR count). The van der Waals surface area contributed by atoms with E-state index < -0.39 is 4.92 Å². The lowest BCUT2D eigenvalue weighted by Crippen LogP contribution is -2.00. The largest absolute Gasteiger partial charge is 0.350 e. The highest BCUT2D eigenvalue weighted by atomic mass is 16.6. The monoisotopic (exact) mass is 245 g/mol. The molecule has 2 aromatic rings. The van der Waals surface area contributed by atoms with E-state index in [9.17, 15) is 10.1 Å². The van der Waals surface area contributed by atoms with Gasteiger partial charge in [0.1, 0.15) is 0 Å². The van der Waals surface area contributed by atoms with E-state index in [1.807, 2.05) is 29.9 Å². The quantitative estimate of drug-likeness (QED) is 0.505. The van der Waals surface area contributed by atoms with Crippen LogP contribution in [0.3, 0.4) is 0 Å². The van der Waals surface area contributed by atoms with Crippen LogP contribution in [0.15, 0.2) is 41.8 Å². The zero-order chi connectivity index (χ0) is 13.0. The normalized spacial score (nSPS) is 10.7. The lowest BCUT2D eigenvalue weighted by Gasteiger charge is -2.00. The standard InChI is InChI=1S/C11H11N5O2/c1-15-7-3-4-9(15)8-13-14-11-10(16(17)18)5-2-6-12-11/h2-8H,1H3,(H,12,14)/b13-8-. The Bertz CT molecular complexity index is 591. The van der Waals surface area contributed by atoms with Crippen molar-refractivity contribution in [3.8, 4) is 0 Å². The maximum atomic E-state index is 10.7. The molecule has 0 amide bonds. The third kappa shape index (κ3) is 2.51. The van der Waals surface area contributed by atoms with Crippen molar-refractivity contribution in [1.82, 2.24) is 9.55 Å². The molecule has 0 aliphatic rings. The van der Waals surface area contributed by atoms with Gasteiger partial charge in [0.15, 0.2) is 0 Å². The van der Waals surface area contributed by atoms with Crippen LogP contribution in [0.2, 0.25) is 0 Å². The van der Waals surface area contributed by atoms with Crippen molar-refractivity contribution < 1.29 is 4.92 Å². The molecule has 0 saturated carbocycles. The number of hydrogen-bond donors (Lipinski definition) is 1. The number of pyridine rings is 1. The number of hydrazone groups is 1. The number of hydrogen-bond acceptors (Lipinski definition) is 5. The Morgan fingerprint density at radius 2 is 2.33 bits per heavy atom. The smallest absolute Gasteiger partial charge is 0.313 e. The van der Waals surface area contributed by atoms with Crippen LogP contribution in [-0.2, 0) is 7.05 Å². The number of nitrogens with one attached hydrogen (secondary N) is 1. The maximum Gasteiger partial charge on any atom is 0.313 e. The maximum absolute atomic E-state index is 10.7. The lowest BCUT2D eigenvalue weighted by molar-refractivity contribution is -0.384. The van der Waals surface area contributed by atoms with E-state index in [1.165, 1.54) is 18.3 Å². The zero-order valence-electron chi connectivity index (χ0n) is 9.65. The van der Waals surface area contributed by atoms with Crippen LogP contribution in [0.1, 0.15) is 5.69 Å². The number of nitro groups is 1. The predicted molar refractivity (Wildman–Crippen MR) is 67.5 cm³/mol. The molecule has 92 valence electrons. The minimum absolute atomic E-state index is 0.110. The second kappa shape index (κ2) is 5.09. The summed E-state index contributed by atoms with van der Waals surface area (Å²) in [6.07, 6.45) is 4.91. The van der Waals surface area contributed by atoms with Crippen LogP contribution in [0.4, 0.5) is 11.5 Å². The summed E-state index contributed by atoms with van der Waals surface area (Å²) < 4.78 is 1.87. The third-order valence-electron chi connectivity index (χ3n) is 2.33. The summed E-state index contributed by atoms with van der Waals surface area (Å²) in [5.41, 5.74) is 3.33. The van der Waals surface area contributed by atoms with Crippen molar-refractivity contribution in [2.45, 2.75) is 0 Å². The zero-order valence-corrected chi connectivity index (χ0v) is 9.65. The van der Waals surface area contributed by atoms with Crippen LogP contribution in [0, 0.1) is 10.1 Å². The molecule has 0 bridgehead atoms. The first-order valence-corrected chi connectivity index (χ1v) is 5.18. The fraction of sp³-hybridized carbons (Fsp3) is 0.0909. The molecule has 1 N–H and O–H groups in total. The topological polar surface area (TPSA) is 85.3 Å². The van der Waals surface area contributed by atoms with Gasteiger partial charge in [-0.05, 0) is 18.2 Å². The van der Waals surface area contributed by atoms with Crippen LogP contribution in [-0.4, -0.2) is 20.7 Å². The average molecular weight is 245 g/mol. The van der Waals surface area contributed by atoms with Crippen molar-refractivity contribution in [3.05, 3.63) is 52.5 Å². The van der Waals surface area contributed by atoms with Crippen molar-refractivity contribution in [3.63, 3.8) is 0 Å². The Labute approximate surface area is 103 Å². The molecule has 0 aromatic carbocycles. The molecular formula is C11H11N5O2. The molecule has 7 heteroatoms. The van der Waals surface area contributed by atoms with Gasteiger partial charge in [0.05, 0.1) is 16.8 Å². The Morgan fingerprint density at radius 1 is 1.50 bits per heavy atom. The Balaban J connectivity index is 2.14. The molecule has 0 spiro atoms. The Morgan fingerprint density at radius 3 is 3.00 bits per heavy atom. The van der Waals surface area contributed by atoms with Crippen LogP contribution in [0.25, 0.3) is 0 Å². The lowest BCUT2D eigenvalue weighted by atomic mass is 10.4. The van der Waals surface area contributed by atoms with Gasteiger partial charge in [-0.2, -0.15) is 5.10 Å². The first-order valence-electron chi connectivity index (χ1n) is 5.18.